The summed E-state index contributed by atoms with van der Waals surface area (Å²) >= 11 is 0. The van der Waals surface area contributed by atoms with Crippen molar-refractivity contribution in [3.8, 4) is 5.75 Å². The van der Waals surface area contributed by atoms with Gasteiger partial charge in [-0.15, -0.1) is 0 Å². The average Bonchev–Trinajstić information content (AvgIpc) is 2.62. The highest BCUT2D eigenvalue weighted by Gasteiger charge is 2.16. The van der Waals surface area contributed by atoms with Gasteiger partial charge in [-0.05, 0) is 37.6 Å². The maximum Gasteiger partial charge on any atom is 0.275 e. The van der Waals surface area contributed by atoms with Crippen LogP contribution in [0.4, 0.5) is 4.39 Å². The third-order valence-corrected chi connectivity index (χ3v) is 4.26. The number of hydrogen-bond acceptors (Lipinski definition) is 2. The van der Waals surface area contributed by atoms with Crippen LogP contribution in [0.25, 0.3) is 0 Å². The van der Waals surface area contributed by atoms with Crippen molar-refractivity contribution in [3.05, 3.63) is 65.5 Å². The van der Waals surface area contributed by atoms with Crippen molar-refractivity contribution in [2.75, 3.05) is 20.2 Å². The number of quaternary nitrogens is 1. The summed E-state index contributed by atoms with van der Waals surface area (Å²) in [7, 11) is 1.44. The van der Waals surface area contributed by atoms with E-state index in [1.165, 1.54) is 13.2 Å². The summed E-state index contributed by atoms with van der Waals surface area (Å²) in [5.41, 5.74) is 1.92. The van der Waals surface area contributed by atoms with Gasteiger partial charge in [-0.2, -0.15) is 0 Å². The highest BCUT2D eigenvalue weighted by Crippen LogP contribution is 2.17. The van der Waals surface area contributed by atoms with Crippen LogP contribution in [0.3, 0.4) is 0 Å². The molecule has 0 heterocycles. The number of nitrogens with one attached hydrogen (secondary N) is 2. The van der Waals surface area contributed by atoms with Crippen LogP contribution in [-0.2, 0) is 11.3 Å². The zero-order valence-electron chi connectivity index (χ0n) is 15.0. The molecule has 2 atom stereocenters. The van der Waals surface area contributed by atoms with Gasteiger partial charge in [0.05, 0.1) is 19.7 Å². The van der Waals surface area contributed by atoms with Crippen molar-refractivity contribution in [1.29, 1.82) is 0 Å². The normalized spacial score (nSPS) is 13.1. The molecule has 0 aromatic heterocycles. The van der Waals surface area contributed by atoms with Gasteiger partial charge in [-0.25, -0.2) is 4.39 Å². The minimum absolute atomic E-state index is 0.0119. The van der Waals surface area contributed by atoms with Crippen molar-refractivity contribution in [2.24, 2.45) is 0 Å². The Labute approximate surface area is 148 Å². The summed E-state index contributed by atoms with van der Waals surface area (Å²) in [4.78, 5) is 13.4. The Kier molecular flexibility index (Phi) is 6.95. The van der Waals surface area contributed by atoms with Crippen LogP contribution in [-0.4, -0.2) is 26.1 Å². The molecule has 5 heteroatoms. The topological polar surface area (TPSA) is 42.8 Å². The molecule has 2 N–H and O–H groups in total. The van der Waals surface area contributed by atoms with Crippen molar-refractivity contribution >= 4 is 5.91 Å². The van der Waals surface area contributed by atoms with Gasteiger partial charge in [-0.1, -0.05) is 30.3 Å². The monoisotopic (exact) mass is 345 g/mol. The average molecular weight is 345 g/mol. The first-order valence-corrected chi connectivity index (χ1v) is 8.53. The van der Waals surface area contributed by atoms with E-state index in [-0.39, 0.29) is 23.5 Å². The van der Waals surface area contributed by atoms with Crippen LogP contribution in [0.5, 0.6) is 5.75 Å². The first-order chi connectivity index (χ1) is 12.0. The minimum Gasteiger partial charge on any atom is -0.494 e. The third kappa shape index (κ3) is 5.57. The molecule has 0 aliphatic carbocycles. The lowest BCUT2D eigenvalue weighted by atomic mass is 10.1. The Bertz CT molecular complexity index is 691. The number of rotatable bonds is 8. The number of methoxy groups -OCH3 is 1. The van der Waals surface area contributed by atoms with E-state index in [2.05, 4.69) is 5.32 Å². The number of likely N-dealkylation sites (N-methyl/N-ethyl adjacent to an activating group) is 1. The largest absolute Gasteiger partial charge is 0.494 e. The van der Waals surface area contributed by atoms with Crippen molar-refractivity contribution in [2.45, 2.75) is 26.4 Å². The first kappa shape index (κ1) is 18.9. The van der Waals surface area contributed by atoms with Gasteiger partial charge < -0.3 is 15.0 Å². The minimum atomic E-state index is -0.377. The second-order valence-electron chi connectivity index (χ2n) is 6.13. The quantitative estimate of drug-likeness (QED) is 0.770. The number of carbonyl (C=O) groups excluding carboxylic acids is 1. The van der Waals surface area contributed by atoms with Crippen molar-refractivity contribution in [3.63, 3.8) is 0 Å². The van der Waals surface area contributed by atoms with E-state index in [0.717, 1.165) is 22.6 Å². The second kappa shape index (κ2) is 9.18. The molecular weight excluding hydrogens is 319 g/mol. The van der Waals surface area contributed by atoms with E-state index in [1.807, 2.05) is 50.2 Å². The lowest BCUT2D eigenvalue weighted by Gasteiger charge is -2.20. The summed E-state index contributed by atoms with van der Waals surface area (Å²) < 4.78 is 18.7. The highest BCUT2D eigenvalue weighted by molar-refractivity contribution is 5.77. The zero-order chi connectivity index (χ0) is 18.2. The maximum absolute atomic E-state index is 13.8. The van der Waals surface area contributed by atoms with E-state index in [1.54, 1.807) is 6.07 Å². The summed E-state index contributed by atoms with van der Waals surface area (Å²) in [5.74, 6) is -0.156. The Morgan fingerprint density at radius 3 is 2.56 bits per heavy atom. The van der Waals surface area contributed by atoms with Crippen LogP contribution < -0.4 is 15.0 Å². The molecule has 25 heavy (non-hydrogen) atoms. The fourth-order valence-corrected chi connectivity index (χ4v) is 2.77. The van der Waals surface area contributed by atoms with Gasteiger partial charge in [0.1, 0.15) is 6.54 Å². The molecule has 4 nitrogen and oxygen atoms in total. The summed E-state index contributed by atoms with van der Waals surface area (Å²) in [6.07, 6.45) is 0. The Hall–Kier alpha value is -2.40. The predicted molar refractivity (Wildman–Crippen MR) is 96.0 cm³/mol. The SMILES string of the molecule is CC[NH+](CC(=O)N[C@H](C)c1ccccc1)Cc1ccc(OC)c(F)c1. The van der Waals surface area contributed by atoms with E-state index < -0.39 is 0 Å². The smallest absolute Gasteiger partial charge is 0.275 e. The fraction of sp³-hybridized carbons (Fsp3) is 0.350. The number of hydrogen-bond donors (Lipinski definition) is 2. The molecule has 0 aliphatic heterocycles. The predicted octanol–water partition coefficient (Wildman–Crippen LogP) is 2.12. The van der Waals surface area contributed by atoms with Crippen molar-refractivity contribution < 1.29 is 18.8 Å². The molecule has 0 saturated heterocycles. The maximum atomic E-state index is 13.8. The Balaban J connectivity index is 1.92. The number of amides is 1. The molecule has 1 amide bonds. The summed E-state index contributed by atoms with van der Waals surface area (Å²) in [5, 5.41) is 3.02. The molecule has 1 unspecified atom stereocenters. The van der Waals surface area contributed by atoms with Crippen LogP contribution in [0, 0.1) is 5.82 Å². The molecule has 0 radical (unpaired) electrons. The number of benzene rings is 2. The zero-order valence-corrected chi connectivity index (χ0v) is 15.0. The van der Waals surface area contributed by atoms with Crippen LogP contribution >= 0.6 is 0 Å². The Morgan fingerprint density at radius 2 is 1.96 bits per heavy atom. The Morgan fingerprint density at radius 1 is 1.24 bits per heavy atom. The van der Waals surface area contributed by atoms with E-state index >= 15 is 0 Å². The van der Waals surface area contributed by atoms with E-state index in [4.69, 9.17) is 4.74 Å². The van der Waals surface area contributed by atoms with Crippen LogP contribution in [0.15, 0.2) is 48.5 Å². The van der Waals surface area contributed by atoms with Gasteiger partial charge >= 0.3 is 0 Å². The molecule has 0 spiro atoms. The van der Waals surface area contributed by atoms with Gasteiger partial charge in [0.2, 0.25) is 0 Å². The van der Waals surface area contributed by atoms with E-state index in [9.17, 15) is 9.18 Å². The summed E-state index contributed by atoms with van der Waals surface area (Å²) in [6.45, 7) is 5.70. The molecule has 0 bridgehead atoms. The molecule has 2 rings (SSSR count). The molecule has 0 aliphatic rings. The molecule has 2 aromatic carbocycles. The number of ether oxygens (including phenoxy) is 1. The third-order valence-electron chi connectivity index (χ3n) is 4.26. The van der Waals surface area contributed by atoms with Gasteiger partial charge in [0.15, 0.2) is 18.1 Å². The molecule has 0 fully saturated rings. The molecule has 2 aromatic rings. The number of carbonyl (C=O) groups is 1. The molecule has 0 saturated carbocycles. The van der Waals surface area contributed by atoms with Crippen LogP contribution in [0.1, 0.15) is 31.0 Å². The summed E-state index contributed by atoms with van der Waals surface area (Å²) in [6, 6.07) is 14.8. The van der Waals surface area contributed by atoms with Gasteiger partial charge in [-0.3, -0.25) is 4.79 Å². The van der Waals surface area contributed by atoms with E-state index in [0.29, 0.717) is 13.1 Å². The molecular formula is C20H26FN2O2+. The number of halogens is 1. The lowest BCUT2D eigenvalue weighted by molar-refractivity contribution is -0.904. The van der Waals surface area contributed by atoms with Gasteiger partial charge in [0.25, 0.3) is 5.91 Å². The van der Waals surface area contributed by atoms with Crippen LogP contribution in [0.2, 0.25) is 0 Å². The molecule has 134 valence electrons. The standard InChI is InChI=1S/C20H25FN2O2/c1-4-23(13-16-10-11-19(25-3)18(21)12-16)14-20(24)22-15(2)17-8-6-5-7-9-17/h5-12,15H,4,13-14H2,1-3H3,(H,22,24)/p+1/t15-/m1/s1. The second-order valence-corrected chi connectivity index (χ2v) is 6.13. The van der Waals surface area contributed by atoms with Crippen molar-refractivity contribution in [1.82, 2.24) is 5.32 Å². The highest BCUT2D eigenvalue weighted by atomic mass is 19.1. The lowest BCUT2D eigenvalue weighted by Crippen LogP contribution is -3.11. The first-order valence-electron chi connectivity index (χ1n) is 8.53. The van der Waals surface area contributed by atoms with Gasteiger partial charge in [0, 0.05) is 5.56 Å². The fourth-order valence-electron chi connectivity index (χ4n) is 2.77.